The number of carbonyl (C=O) groups excluding carboxylic acids is 2. The quantitative estimate of drug-likeness (QED) is 0.272. The molecular formula is C35H38F7N5O2. The predicted molar refractivity (Wildman–Crippen MR) is 172 cm³/mol. The van der Waals surface area contributed by atoms with Crippen molar-refractivity contribution in [2.24, 2.45) is 0 Å². The number of nitrogens with zero attached hydrogens (tertiary/aromatic N) is 5. The summed E-state index contributed by atoms with van der Waals surface area (Å²) in [5, 5.41) is 0. The highest BCUT2D eigenvalue weighted by molar-refractivity contribution is 6.03. The van der Waals surface area contributed by atoms with Crippen molar-refractivity contribution in [2.75, 3.05) is 49.6 Å². The van der Waals surface area contributed by atoms with Crippen molar-refractivity contribution in [3.05, 3.63) is 76.7 Å². The lowest BCUT2D eigenvalue weighted by atomic mass is 9.81. The molecule has 49 heavy (non-hydrogen) atoms. The molecule has 3 heterocycles. The van der Waals surface area contributed by atoms with Crippen LogP contribution < -0.4 is 9.80 Å². The number of rotatable bonds is 5. The van der Waals surface area contributed by atoms with Gasteiger partial charge in [0.2, 0.25) is 11.8 Å². The number of alkyl halides is 6. The van der Waals surface area contributed by atoms with Crippen molar-refractivity contribution in [1.29, 1.82) is 0 Å². The second-order valence-electron chi connectivity index (χ2n) is 13.4. The first-order chi connectivity index (χ1) is 22.7. The number of anilines is 2. The summed E-state index contributed by atoms with van der Waals surface area (Å²) in [6.07, 6.45) is -8.73. The SMILES string of the molecule is CC(=O)N1CCN2C[C@@H](C)N(c3cc(-c4ccc(F)cc4C)c(N(C)C(=O)C(C)(C)c4cc(C(F)(F)F)cc(C(F)(F)F)c4)cn3)CC2C1. The van der Waals surface area contributed by atoms with Crippen LogP contribution in [0.3, 0.4) is 0 Å². The van der Waals surface area contributed by atoms with Crippen LogP contribution in [0, 0.1) is 12.7 Å². The van der Waals surface area contributed by atoms with Crippen LogP contribution in [0.25, 0.3) is 11.1 Å². The molecular weight excluding hydrogens is 655 g/mol. The average molecular weight is 694 g/mol. The third-order valence-corrected chi connectivity index (χ3v) is 9.64. The van der Waals surface area contributed by atoms with Gasteiger partial charge in [0, 0.05) is 64.3 Å². The van der Waals surface area contributed by atoms with E-state index in [4.69, 9.17) is 4.98 Å². The van der Waals surface area contributed by atoms with E-state index in [1.165, 1.54) is 46.1 Å². The first-order valence-corrected chi connectivity index (χ1v) is 15.8. The summed E-state index contributed by atoms with van der Waals surface area (Å²) in [5.74, 6) is -0.715. The summed E-state index contributed by atoms with van der Waals surface area (Å²) >= 11 is 0. The fourth-order valence-corrected chi connectivity index (χ4v) is 6.73. The summed E-state index contributed by atoms with van der Waals surface area (Å²) in [7, 11) is 1.38. The Kier molecular flexibility index (Phi) is 9.52. The zero-order valence-electron chi connectivity index (χ0n) is 28.0. The summed E-state index contributed by atoms with van der Waals surface area (Å²) in [5.41, 5.74) is -3.56. The molecule has 2 aliphatic rings. The van der Waals surface area contributed by atoms with Crippen LogP contribution in [0.2, 0.25) is 0 Å². The summed E-state index contributed by atoms with van der Waals surface area (Å²) in [6.45, 7) is 11.0. The number of carbonyl (C=O) groups is 2. The molecule has 0 radical (unpaired) electrons. The molecule has 264 valence electrons. The number of pyridine rings is 1. The molecule has 2 fully saturated rings. The van der Waals surface area contributed by atoms with E-state index < -0.39 is 46.2 Å². The number of benzene rings is 2. The monoisotopic (exact) mass is 693 g/mol. The van der Waals surface area contributed by atoms with Crippen LogP contribution in [0.1, 0.15) is 49.9 Å². The number of aromatic nitrogens is 1. The molecule has 0 bridgehead atoms. The minimum atomic E-state index is -5.08. The van der Waals surface area contributed by atoms with Crippen molar-refractivity contribution in [1.82, 2.24) is 14.8 Å². The van der Waals surface area contributed by atoms with Crippen LogP contribution >= 0.6 is 0 Å². The highest BCUT2D eigenvalue weighted by atomic mass is 19.4. The van der Waals surface area contributed by atoms with E-state index >= 15 is 0 Å². The van der Waals surface area contributed by atoms with Gasteiger partial charge in [0.1, 0.15) is 11.6 Å². The highest BCUT2D eigenvalue weighted by Gasteiger charge is 2.42. The van der Waals surface area contributed by atoms with Gasteiger partial charge in [-0.15, -0.1) is 0 Å². The molecule has 1 aromatic heterocycles. The second-order valence-corrected chi connectivity index (χ2v) is 13.4. The Bertz CT molecular complexity index is 1720. The minimum Gasteiger partial charge on any atom is -0.351 e. The lowest BCUT2D eigenvalue weighted by Gasteiger charge is -2.50. The van der Waals surface area contributed by atoms with Gasteiger partial charge in [-0.05, 0) is 80.8 Å². The number of hydrogen-bond acceptors (Lipinski definition) is 5. The molecule has 14 heteroatoms. The van der Waals surface area contributed by atoms with Gasteiger partial charge >= 0.3 is 12.4 Å². The maximum Gasteiger partial charge on any atom is 0.416 e. The molecule has 0 aliphatic carbocycles. The largest absolute Gasteiger partial charge is 0.416 e. The normalized spacial score (nSPS) is 19.1. The number of hydrogen-bond donors (Lipinski definition) is 0. The smallest absolute Gasteiger partial charge is 0.351 e. The van der Waals surface area contributed by atoms with Gasteiger partial charge in [-0.25, -0.2) is 9.37 Å². The van der Waals surface area contributed by atoms with Crippen molar-refractivity contribution in [3.63, 3.8) is 0 Å². The van der Waals surface area contributed by atoms with Crippen molar-refractivity contribution >= 4 is 23.3 Å². The molecule has 0 saturated carbocycles. The Morgan fingerprint density at radius 3 is 2.04 bits per heavy atom. The van der Waals surface area contributed by atoms with Gasteiger partial charge in [0.05, 0.1) is 28.4 Å². The fourth-order valence-electron chi connectivity index (χ4n) is 6.73. The van der Waals surface area contributed by atoms with Crippen LogP contribution in [0.5, 0.6) is 0 Å². The molecule has 2 aromatic carbocycles. The summed E-state index contributed by atoms with van der Waals surface area (Å²) in [4.78, 5) is 38.3. The van der Waals surface area contributed by atoms with Crippen molar-refractivity contribution in [3.8, 4) is 11.1 Å². The second kappa shape index (κ2) is 12.9. The van der Waals surface area contributed by atoms with Gasteiger partial charge in [0.25, 0.3) is 0 Å². The van der Waals surface area contributed by atoms with Crippen molar-refractivity contribution < 1.29 is 40.3 Å². The molecule has 1 unspecified atom stereocenters. The first kappa shape index (κ1) is 36.1. The van der Waals surface area contributed by atoms with E-state index in [0.717, 1.165) is 11.4 Å². The van der Waals surface area contributed by atoms with Gasteiger partial charge < -0.3 is 14.7 Å². The topological polar surface area (TPSA) is 60.0 Å². The number of likely N-dealkylation sites (N-methyl/N-ethyl adjacent to an activating group) is 1. The van der Waals surface area contributed by atoms with Crippen LogP contribution in [-0.4, -0.2) is 78.5 Å². The minimum absolute atomic E-state index is 0.00300. The first-order valence-electron chi connectivity index (χ1n) is 15.8. The highest BCUT2D eigenvalue weighted by Crippen LogP contribution is 2.41. The Morgan fingerprint density at radius 1 is 0.857 bits per heavy atom. The van der Waals surface area contributed by atoms with Crippen LogP contribution in [0.15, 0.2) is 48.7 Å². The van der Waals surface area contributed by atoms with Crippen LogP contribution in [-0.2, 0) is 27.4 Å². The zero-order chi connectivity index (χ0) is 36.2. The number of halogens is 7. The zero-order valence-corrected chi connectivity index (χ0v) is 28.0. The van der Waals surface area contributed by atoms with E-state index in [1.807, 2.05) is 4.90 Å². The van der Waals surface area contributed by atoms with E-state index in [1.54, 1.807) is 19.1 Å². The third-order valence-electron chi connectivity index (χ3n) is 9.64. The van der Waals surface area contributed by atoms with Crippen molar-refractivity contribution in [2.45, 2.75) is 64.5 Å². The van der Waals surface area contributed by atoms with E-state index in [-0.39, 0.29) is 29.7 Å². The standard InChI is InChI=1S/C35H38F7N5O2/c1-20-11-26(36)7-8-28(20)29-15-31(47-19-27-18-45(22(3)48)9-10-46(27)17-21(47)2)43-16-30(29)44(6)32(49)33(4,5)23-12-24(34(37,38)39)14-25(13-23)35(40,41)42/h7-8,11-16,21,27H,9-10,17-19H2,1-6H3/t21-,27?/m1/s1. The van der Waals surface area contributed by atoms with E-state index in [9.17, 15) is 40.3 Å². The molecule has 7 nitrogen and oxygen atoms in total. The predicted octanol–water partition coefficient (Wildman–Crippen LogP) is 6.92. The number of fused-ring (bicyclic) bond motifs is 1. The fraction of sp³-hybridized carbons (Fsp3) is 0.457. The Labute approximate surface area is 280 Å². The molecule has 2 aliphatic heterocycles. The summed E-state index contributed by atoms with van der Waals surface area (Å²) in [6, 6.07) is 7.11. The van der Waals surface area contributed by atoms with Gasteiger partial charge in [-0.1, -0.05) is 6.07 Å². The Morgan fingerprint density at radius 2 is 1.47 bits per heavy atom. The molecule has 3 aromatic rings. The third kappa shape index (κ3) is 7.24. The van der Waals surface area contributed by atoms with Crippen LogP contribution in [0.4, 0.5) is 42.2 Å². The average Bonchev–Trinajstić information content (AvgIpc) is 3.02. The number of aryl methyl sites for hydroxylation is 1. The van der Waals surface area contributed by atoms with E-state index in [2.05, 4.69) is 16.7 Å². The Hall–Kier alpha value is -4.20. The number of amides is 2. The van der Waals surface area contributed by atoms with E-state index in [0.29, 0.717) is 60.8 Å². The lowest BCUT2D eigenvalue weighted by Crippen LogP contribution is -2.65. The molecule has 2 atom stereocenters. The van der Waals surface area contributed by atoms with Gasteiger partial charge in [-0.3, -0.25) is 14.5 Å². The maximum absolute atomic E-state index is 14.2. The Balaban J connectivity index is 1.56. The molecule has 0 N–H and O–H groups in total. The maximum atomic E-state index is 14.2. The molecule has 0 spiro atoms. The number of piperazine rings is 2. The molecule has 2 amide bonds. The molecule has 2 saturated heterocycles. The lowest BCUT2D eigenvalue weighted by molar-refractivity contribution is -0.143. The van der Waals surface area contributed by atoms with Gasteiger partial charge in [-0.2, -0.15) is 26.3 Å². The summed E-state index contributed by atoms with van der Waals surface area (Å²) < 4.78 is 96.4. The molecule has 5 rings (SSSR count). The van der Waals surface area contributed by atoms with Gasteiger partial charge in [0.15, 0.2) is 0 Å².